The molecular weight excluding hydrogens is 378 g/mol. The van der Waals surface area contributed by atoms with E-state index in [-0.39, 0.29) is 17.2 Å². The Morgan fingerprint density at radius 3 is 2.50 bits per heavy atom. The number of hydrogen-bond acceptors (Lipinski definition) is 7. The van der Waals surface area contributed by atoms with E-state index in [9.17, 15) is 15.8 Å². The van der Waals surface area contributed by atoms with Crippen LogP contribution in [0.5, 0.6) is 11.5 Å². The lowest BCUT2D eigenvalue weighted by Gasteiger charge is -2.45. The molecule has 0 unspecified atom stereocenters. The monoisotopic (exact) mass is 403 g/mol. The second kappa shape index (κ2) is 8.49. The number of methoxy groups -OCH3 is 2. The number of fused-ring (bicyclic) bond motifs is 1. The number of hydrogen-bond donors (Lipinski definition) is 1. The van der Waals surface area contributed by atoms with E-state index in [0.717, 1.165) is 18.5 Å². The molecule has 154 valence electrons. The molecule has 7 nitrogen and oxygen atoms in total. The highest BCUT2D eigenvalue weighted by molar-refractivity contribution is 5.61. The third-order valence-corrected chi connectivity index (χ3v) is 6.03. The lowest BCUT2D eigenvalue weighted by Crippen LogP contribution is -2.47. The van der Waals surface area contributed by atoms with Crippen LogP contribution >= 0.6 is 0 Å². The Balaban J connectivity index is 2.32. The Hall–Kier alpha value is -3.47. The first-order chi connectivity index (χ1) is 14.5. The molecule has 2 atom stereocenters. The minimum absolute atomic E-state index is 0.0105. The Kier molecular flexibility index (Phi) is 6.01. The first-order valence-corrected chi connectivity index (χ1v) is 9.89. The average molecular weight is 403 g/mol. The molecule has 2 N–H and O–H groups in total. The van der Waals surface area contributed by atoms with Gasteiger partial charge in [0, 0.05) is 30.5 Å². The maximum absolute atomic E-state index is 10.1. The molecule has 1 aliphatic carbocycles. The second-order valence-electron chi connectivity index (χ2n) is 7.50. The minimum atomic E-state index is -1.63. The third-order valence-electron chi connectivity index (χ3n) is 6.03. The quantitative estimate of drug-likeness (QED) is 0.751. The zero-order chi connectivity index (χ0) is 21.9. The highest BCUT2D eigenvalue weighted by Crippen LogP contribution is 2.54. The van der Waals surface area contributed by atoms with Crippen molar-refractivity contribution in [1.82, 2.24) is 4.90 Å². The van der Waals surface area contributed by atoms with E-state index < -0.39 is 11.3 Å². The van der Waals surface area contributed by atoms with Gasteiger partial charge in [0.2, 0.25) is 5.41 Å². The normalized spacial score (nSPS) is 22.7. The molecule has 0 radical (unpaired) electrons. The number of nitrogens with zero attached hydrogens (tertiary/aromatic N) is 4. The highest BCUT2D eigenvalue weighted by Gasteiger charge is 2.53. The summed E-state index contributed by atoms with van der Waals surface area (Å²) in [4.78, 5) is 2.27. The number of ether oxygens (including phenoxy) is 2. The Morgan fingerprint density at radius 1 is 1.20 bits per heavy atom. The van der Waals surface area contributed by atoms with Gasteiger partial charge in [0.1, 0.15) is 0 Å². The van der Waals surface area contributed by atoms with Gasteiger partial charge in [0.05, 0.1) is 43.7 Å². The largest absolute Gasteiger partial charge is 0.493 e. The molecular formula is C23H25N5O2. The van der Waals surface area contributed by atoms with Crippen molar-refractivity contribution in [2.75, 3.05) is 33.9 Å². The topological polar surface area (TPSA) is 119 Å². The molecule has 7 heteroatoms. The molecule has 0 spiro atoms. The lowest BCUT2D eigenvalue weighted by molar-refractivity contribution is 0.223. The van der Waals surface area contributed by atoms with Gasteiger partial charge in [-0.25, -0.2) is 0 Å². The average Bonchev–Trinajstić information content (AvgIpc) is 2.78. The second-order valence-corrected chi connectivity index (χ2v) is 7.50. The van der Waals surface area contributed by atoms with E-state index >= 15 is 0 Å². The number of nitrogens with two attached hydrogens (primary N) is 1. The van der Waals surface area contributed by atoms with Crippen LogP contribution in [0.2, 0.25) is 0 Å². The number of para-hydroxylation sites is 1. The van der Waals surface area contributed by atoms with E-state index in [4.69, 9.17) is 15.2 Å². The predicted octanol–water partition coefficient (Wildman–Crippen LogP) is 2.84. The Morgan fingerprint density at radius 2 is 1.93 bits per heavy atom. The molecule has 0 saturated heterocycles. The molecule has 30 heavy (non-hydrogen) atoms. The maximum Gasteiger partial charge on any atom is 0.204 e. The first-order valence-electron chi connectivity index (χ1n) is 9.89. The number of rotatable bonds is 5. The Bertz CT molecular complexity index is 1010. The van der Waals surface area contributed by atoms with Crippen LogP contribution in [0.1, 0.15) is 24.8 Å². The Labute approximate surface area is 177 Å². The summed E-state index contributed by atoms with van der Waals surface area (Å²) in [6.07, 6.45) is 2.92. The zero-order valence-corrected chi connectivity index (χ0v) is 17.5. The van der Waals surface area contributed by atoms with Crippen molar-refractivity contribution in [2.24, 2.45) is 17.1 Å². The van der Waals surface area contributed by atoms with Gasteiger partial charge in [-0.05, 0) is 24.6 Å². The molecule has 0 amide bonds. The van der Waals surface area contributed by atoms with Gasteiger partial charge in [-0.1, -0.05) is 25.1 Å². The van der Waals surface area contributed by atoms with Crippen LogP contribution in [0.15, 0.2) is 41.1 Å². The fourth-order valence-electron chi connectivity index (χ4n) is 4.70. The summed E-state index contributed by atoms with van der Waals surface area (Å²) in [5.74, 6) is 0.377. The van der Waals surface area contributed by atoms with Crippen LogP contribution in [-0.4, -0.2) is 38.8 Å². The van der Waals surface area contributed by atoms with Gasteiger partial charge in [0.25, 0.3) is 0 Å². The molecule has 0 fully saturated rings. The summed E-state index contributed by atoms with van der Waals surface area (Å²) in [6.45, 7) is 4.25. The van der Waals surface area contributed by atoms with Crippen molar-refractivity contribution < 1.29 is 9.47 Å². The smallest absolute Gasteiger partial charge is 0.204 e. The summed E-state index contributed by atoms with van der Waals surface area (Å²) in [5, 5.41) is 30.0. The van der Waals surface area contributed by atoms with Gasteiger partial charge in [-0.15, -0.1) is 0 Å². The van der Waals surface area contributed by atoms with Crippen LogP contribution < -0.4 is 15.2 Å². The van der Waals surface area contributed by atoms with Gasteiger partial charge < -0.3 is 15.2 Å². The van der Waals surface area contributed by atoms with Crippen LogP contribution in [0.3, 0.4) is 0 Å². The SMILES string of the molecule is CCCN1CC=C2[C@@H](C1)[C@@H](c1cccc(OC)c1OC)C(C#N)=C(N)C2(C#N)C#N. The van der Waals surface area contributed by atoms with Gasteiger partial charge >= 0.3 is 0 Å². The van der Waals surface area contributed by atoms with E-state index in [1.165, 1.54) is 0 Å². The molecule has 1 aromatic rings. The summed E-state index contributed by atoms with van der Waals surface area (Å²) in [5.41, 5.74) is 6.42. The van der Waals surface area contributed by atoms with E-state index in [2.05, 4.69) is 30.0 Å². The molecule has 1 heterocycles. The van der Waals surface area contributed by atoms with Crippen LogP contribution in [0.25, 0.3) is 0 Å². The van der Waals surface area contributed by atoms with Crippen LogP contribution in [0, 0.1) is 45.3 Å². The van der Waals surface area contributed by atoms with Gasteiger partial charge in [-0.3, -0.25) is 4.90 Å². The molecule has 1 aliphatic heterocycles. The molecule has 2 aliphatic rings. The molecule has 0 saturated carbocycles. The van der Waals surface area contributed by atoms with Gasteiger partial charge in [0.15, 0.2) is 11.5 Å². The van der Waals surface area contributed by atoms with Crippen LogP contribution in [0.4, 0.5) is 0 Å². The molecule has 0 aromatic heterocycles. The molecule has 3 rings (SSSR count). The van der Waals surface area contributed by atoms with Crippen molar-refractivity contribution >= 4 is 0 Å². The molecule has 1 aromatic carbocycles. The van der Waals surface area contributed by atoms with Crippen molar-refractivity contribution in [3.63, 3.8) is 0 Å². The third kappa shape index (κ3) is 3.07. The predicted molar refractivity (Wildman–Crippen MR) is 111 cm³/mol. The van der Waals surface area contributed by atoms with E-state index in [1.807, 2.05) is 18.2 Å². The van der Waals surface area contributed by atoms with Crippen molar-refractivity contribution in [2.45, 2.75) is 19.3 Å². The first kappa shape index (κ1) is 21.2. The number of allylic oxidation sites excluding steroid dienone is 2. The summed E-state index contributed by atoms with van der Waals surface area (Å²) >= 11 is 0. The van der Waals surface area contributed by atoms with E-state index in [0.29, 0.717) is 30.2 Å². The molecule has 0 bridgehead atoms. The summed E-state index contributed by atoms with van der Waals surface area (Å²) in [6, 6.07) is 12.0. The van der Waals surface area contributed by atoms with Gasteiger partial charge in [-0.2, -0.15) is 15.8 Å². The minimum Gasteiger partial charge on any atom is -0.493 e. The van der Waals surface area contributed by atoms with Crippen molar-refractivity contribution in [3.05, 3.63) is 46.7 Å². The fourth-order valence-corrected chi connectivity index (χ4v) is 4.70. The number of benzene rings is 1. The zero-order valence-electron chi connectivity index (χ0n) is 17.5. The fraction of sp³-hybridized carbons (Fsp3) is 0.435. The van der Waals surface area contributed by atoms with E-state index in [1.54, 1.807) is 20.3 Å². The number of nitriles is 3. The summed E-state index contributed by atoms with van der Waals surface area (Å²) in [7, 11) is 3.11. The summed E-state index contributed by atoms with van der Waals surface area (Å²) < 4.78 is 11.1. The highest BCUT2D eigenvalue weighted by atomic mass is 16.5. The van der Waals surface area contributed by atoms with Crippen LogP contribution in [-0.2, 0) is 0 Å². The van der Waals surface area contributed by atoms with Crippen molar-refractivity contribution in [1.29, 1.82) is 15.8 Å². The lowest BCUT2D eigenvalue weighted by atomic mass is 9.60. The maximum atomic E-state index is 10.1. The standard InChI is InChI=1S/C23H25N5O2/c1-4-9-28-10-8-18-17(12-28)20(15-6-5-7-19(29-2)21(15)30-3)16(11-24)22(27)23(18,13-25)14-26/h5-8,17,20H,4,9-10,12,27H2,1-3H3/t17-,20+/m1/s1. The van der Waals surface area contributed by atoms with Crippen molar-refractivity contribution in [3.8, 4) is 29.7 Å².